The minimum absolute atomic E-state index is 0.436. The van der Waals surface area contributed by atoms with Gasteiger partial charge in [-0.1, -0.05) is 25.1 Å². The Bertz CT molecular complexity index is 1110. The maximum Gasteiger partial charge on any atom is 0.339 e. The number of anilines is 1. The molecule has 0 saturated heterocycles. The van der Waals surface area contributed by atoms with Crippen molar-refractivity contribution in [2.45, 2.75) is 33.3 Å². The lowest BCUT2D eigenvalue weighted by molar-refractivity contribution is -0.123. The van der Waals surface area contributed by atoms with E-state index < -0.39 is 18.0 Å². The van der Waals surface area contributed by atoms with Gasteiger partial charge in [0.05, 0.1) is 22.7 Å². The van der Waals surface area contributed by atoms with E-state index in [0.29, 0.717) is 28.6 Å². The number of nitrogens with one attached hydrogen (secondary N) is 1. The number of nitriles is 1. The van der Waals surface area contributed by atoms with Gasteiger partial charge in [0.1, 0.15) is 0 Å². The van der Waals surface area contributed by atoms with E-state index in [0.717, 1.165) is 16.8 Å². The Balaban J connectivity index is 1.81. The number of nitrogens with zero attached hydrogens (tertiary/aromatic N) is 2. The Kier molecular flexibility index (Phi) is 5.89. The fraction of sp³-hybridized carbons (Fsp3) is 0.217. The predicted molar refractivity (Wildman–Crippen MR) is 111 cm³/mol. The minimum atomic E-state index is -0.991. The van der Waals surface area contributed by atoms with Crippen LogP contribution < -0.4 is 5.32 Å². The van der Waals surface area contributed by atoms with Gasteiger partial charge in [0.2, 0.25) is 0 Å². The summed E-state index contributed by atoms with van der Waals surface area (Å²) in [6.07, 6.45) is -0.305. The number of fused-ring (bicyclic) bond motifs is 1. The van der Waals surface area contributed by atoms with E-state index in [1.807, 2.05) is 44.2 Å². The number of aryl methyl sites for hydroxylation is 1. The van der Waals surface area contributed by atoms with Gasteiger partial charge in [0.15, 0.2) is 6.10 Å². The van der Waals surface area contributed by atoms with E-state index in [1.165, 1.54) is 6.92 Å². The van der Waals surface area contributed by atoms with E-state index in [2.05, 4.69) is 10.3 Å². The van der Waals surface area contributed by atoms with Gasteiger partial charge in [0, 0.05) is 16.8 Å². The van der Waals surface area contributed by atoms with Crippen molar-refractivity contribution >= 4 is 28.5 Å². The van der Waals surface area contributed by atoms with Crippen molar-refractivity contribution in [3.8, 4) is 6.07 Å². The summed E-state index contributed by atoms with van der Waals surface area (Å²) in [6.45, 7) is 5.35. The second-order valence-corrected chi connectivity index (χ2v) is 6.66. The number of ether oxygens (including phenoxy) is 1. The molecule has 0 aliphatic heterocycles. The number of rotatable bonds is 5. The van der Waals surface area contributed by atoms with Crippen molar-refractivity contribution < 1.29 is 14.3 Å². The highest BCUT2D eigenvalue weighted by molar-refractivity contribution is 6.06. The van der Waals surface area contributed by atoms with Gasteiger partial charge < -0.3 is 10.1 Å². The first-order chi connectivity index (χ1) is 13.9. The van der Waals surface area contributed by atoms with Crippen molar-refractivity contribution in [3.63, 3.8) is 0 Å². The first-order valence-electron chi connectivity index (χ1n) is 9.34. The average molecular weight is 387 g/mol. The Morgan fingerprint density at radius 3 is 2.52 bits per heavy atom. The molecule has 29 heavy (non-hydrogen) atoms. The molecule has 146 valence electrons. The summed E-state index contributed by atoms with van der Waals surface area (Å²) in [6, 6.07) is 15.9. The molecule has 3 rings (SSSR count). The van der Waals surface area contributed by atoms with Gasteiger partial charge in [-0.15, -0.1) is 0 Å². The molecule has 1 heterocycles. The van der Waals surface area contributed by atoms with Crippen molar-refractivity contribution in [2.24, 2.45) is 0 Å². The van der Waals surface area contributed by atoms with Crippen molar-refractivity contribution in [3.05, 3.63) is 70.9 Å². The van der Waals surface area contributed by atoms with Gasteiger partial charge in [-0.25, -0.2) is 4.79 Å². The van der Waals surface area contributed by atoms with Crippen LogP contribution in [0.2, 0.25) is 0 Å². The monoisotopic (exact) mass is 387 g/mol. The van der Waals surface area contributed by atoms with E-state index in [9.17, 15) is 9.59 Å². The summed E-state index contributed by atoms with van der Waals surface area (Å²) < 4.78 is 5.47. The summed E-state index contributed by atoms with van der Waals surface area (Å²) in [5.74, 6) is -1.01. The maximum absolute atomic E-state index is 12.9. The summed E-state index contributed by atoms with van der Waals surface area (Å²) in [7, 11) is 0. The van der Waals surface area contributed by atoms with Crippen LogP contribution in [-0.4, -0.2) is 23.0 Å². The zero-order valence-corrected chi connectivity index (χ0v) is 16.5. The first kappa shape index (κ1) is 20.0. The minimum Gasteiger partial charge on any atom is -0.449 e. The summed E-state index contributed by atoms with van der Waals surface area (Å²) in [4.78, 5) is 30.0. The second-order valence-electron chi connectivity index (χ2n) is 6.66. The normalized spacial score (nSPS) is 11.5. The maximum atomic E-state index is 12.9. The van der Waals surface area contributed by atoms with Gasteiger partial charge in [-0.2, -0.15) is 5.26 Å². The molecule has 1 N–H and O–H groups in total. The zero-order chi connectivity index (χ0) is 21.0. The Hall–Kier alpha value is -3.72. The van der Waals surface area contributed by atoms with Crippen molar-refractivity contribution in [2.75, 3.05) is 5.32 Å². The molecule has 1 atom stereocenters. The number of hydrogen-bond acceptors (Lipinski definition) is 5. The largest absolute Gasteiger partial charge is 0.449 e. The molecular formula is C23H21N3O3. The lowest BCUT2D eigenvalue weighted by Gasteiger charge is -2.17. The van der Waals surface area contributed by atoms with Crippen LogP contribution in [0.1, 0.15) is 41.0 Å². The van der Waals surface area contributed by atoms with E-state index >= 15 is 0 Å². The topological polar surface area (TPSA) is 92.1 Å². The molecule has 6 nitrogen and oxygen atoms in total. The molecule has 1 amide bonds. The van der Waals surface area contributed by atoms with E-state index in [4.69, 9.17) is 10.00 Å². The van der Waals surface area contributed by atoms with Crippen LogP contribution in [0.15, 0.2) is 48.5 Å². The lowest BCUT2D eigenvalue weighted by atomic mass is 10.0. The van der Waals surface area contributed by atoms with E-state index in [-0.39, 0.29) is 0 Å². The average Bonchev–Trinajstić information content (AvgIpc) is 2.73. The number of hydrogen-bond donors (Lipinski definition) is 1. The smallest absolute Gasteiger partial charge is 0.339 e. The Morgan fingerprint density at radius 1 is 1.17 bits per heavy atom. The summed E-state index contributed by atoms with van der Waals surface area (Å²) in [5.41, 5.74) is 3.76. The van der Waals surface area contributed by atoms with Crippen molar-refractivity contribution in [1.82, 2.24) is 4.98 Å². The molecule has 0 unspecified atom stereocenters. The number of carbonyl (C=O) groups excluding carboxylic acids is 2. The number of aromatic nitrogens is 1. The predicted octanol–water partition coefficient (Wildman–Crippen LogP) is 4.16. The third kappa shape index (κ3) is 4.25. The number of benzene rings is 2. The SMILES string of the molecule is CCc1nc2ccccc2c(C(=O)O[C@H](C)C(=O)Nc2ccc(C#N)cc2)c1C. The Morgan fingerprint density at radius 2 is 1.86 bits per heavy atom. The zero-order valence-electron chi connectivity index (χ0n) is 16.5. The molecule has 0 aliphatic carbocycles. The van der Waals surface area contributed by atoms with E-state index in [1.54, 1.807) is 24.3 Å². The van der Waals surface area contributed by atoms with Crippen LogP contribution in [0.25, 0.3) is 10.9 Å². The molecule has 0 saturated carbocycles. The molecule has 3 aromatic rings. The van der Waals surface area contributed by atoms with Gasteiger partial charge >= 0.3 is 5.97 Å². The molecule has 0 spiro atoms. The highest BCUT2D eigenvalue weighted by atomic mass is 16.5. The van der Waals surface area contributed by atoms with Crippen LogP contribution in [0.3, 0.4) is 0 Å². The number of para-hydroxylation sites is 1. The number of esters is 1. The van der Waals surface area contributed by atoms with Gasteiger partial charge in [-0.05, 0) is 56.2 Å². The summed E-state index contributed by atoms with van der Waals surface area (Å²) in [5, 5.41) is 12.2. The van der Waals surface area contributed by atoms with Gasteiger partial charge in [-0.3, -0.25) is 9.78 Å². The molecule has 0 bridgehead atoms. The van der Waals surface area contributed by atoms with Crippen LogP contribution in [0.4, 0.5) is 5.69 Å². The number of pyridine rings is 1. The highest BCUT2D eigenvalue weighted by Gasteiger charge is 2.23. The molecule has 2 aromatic carbocycles. The number of amides is 1. The quantitative estimate of drug-likeness (QED) is 0.664. The van der Waals surface area contributed by atoms with Crippen LogP contribution in [0.5, 0.6) is 0 Å². The fourth-order valence-corrected chi connectivity index (χ4v) is 3.11. The standard InChI is InChI=1S/C23H21N3O3/c1-4-19-14(2)21(18-7-5-6-8-20(18)26-19)23(28)29-15(3)22(27)25-17-11-9-16(13-24)10-12-17/h5-12,15H,4H2,1-3H3,(H,25,27)/t15-/m1/s1. The van der Waals surface area contributed by atoms with Gasteiger partial charge in [0.25, 0.3) is 5.91 Å². The van der Waals surface area contributed by atoms with Crippen LogP contribution >= 0.6 is 0 Å². The van der Waals surface area contributed by atoms with Crippen molar-refractivity contribution in [1.29, 1.82) is 5.26 Å². The molecule has 1 aromatic heterocycles. The van der Waals surface area contributed by atoms with Crippen LogP contribution in [0, 0.1) is 18.3 Å². The van der Waals surface area contributed by atoms with Crippen LogP contribution in [-0.2, 0) is 16.0 Å². The fourth-order valence-electron chi connectivity index (χ4n) is 3.11. The lowest BCUT2D eigenvalue weighted by Crippen LogP contribution is -2.30. The molecule has 0 fully saturated rings. The highest BCUT2D eigenvalue weighted by Crippen LogP contribution is 2.25. The molecule has 6 heteroatoms. The second kappa shape index (κ2) is 8.53. The summed E-state index contributed by atoms with van der Waals surface area (Å²) >= 11 is 0. The molecule has 0 aliphatic rings. The third-order valence-corrected chi connectivity index (χ3v) is 4.71. The molecule has 0 radical (unpaired) electrons. The molecular weight excluding hydrogens is 366 g/mol. The number of carbonyl (C=O) groups is 2. The first-order valence-corrected chi connectivity index (χ1v) is 9.34. The third-order valence-electron chi connectivity index (χ3n) is 4.71. The Labute approximate surface area is 169 Å².